The van der Waals surface area contributed by atoms with Gasteiger partial charge in [-0.1, -0.05) is 16.8 Å². The van der Waals surface area contributed by atoms with Crippen LogP contribution in [0.5, 0.6) is 23.0 Å². The average Bonchev–Trinajstić information content (AvgIpc) is 2.94. The largest absolute Gasteiger partial charge is 0.456 e. The molecule has 0 saturated carbocycles. The lowest BCUT2D eigenvalue weighted by Gasteiger charge is -2.11. The lowest BCUT2D eigenvalue weighted by atomic mass is 10.2. The Balaban J connectivity index is 1.96. The van der Waals surface area contributed by atoms with Gasteiger partial charge in [0, 0.05) is 17.2 Å². The molecule has 1 aliphatic rings. The van der Waals surface area contributed by atoms with Crippen LogP contribution >= 0.6 is 11.6 Å². The van der Waals surface area contributed by atoms with Gasteiger partial charge in [0.25, 0.3) is 0 Å². The summed E-state index contributed by atoms with van der Waals surface area (Å²) in [6.45, 7) is 0.186. The standard InChI is InChI=1S/C14H11ClN2O4/c15-8-1-3-10(14(16)17-18)12(5-8)21-9-2-4-11-13(6-9)20-7-19-11/h1-6,18H,7H2,(H2,16,17). The molecule has 1 heterocycles. The van der Waals surface area contributed by atoms with Crippen LogP contribution in [0.4, 0.5) is 0 Å². The van der Waals surface area contributed by atoms with Gasteiger partial charge in [-0.3, -0.25) is 0 Å². The number of rotatable bonds is 3. The van der Waals surface area contributed by atoms with E-state index in [1.165, 1.54) is 0 Å². The van der Waals surface area contributed by atoms with Crippen molar-refractivity contribution in [3.05, 3.63) is 47.0 Å². The molecule has 21 heavy (non-hydrogen) atoms. The maximum absolute atomic E-state index is 8.81. The monoisotopic (exact) mass is 306 g/mol. The Kier molecular flexibility index (Phi) is 3.45. The number of hydrogen-bond acceptors (Lipinski definition) is 5. The fourth-order valence-corrected chi connectivity index (χ4v) is 2.08. The molecule has 0 radical (unpaired) electrons. The van der Waals surface area contributed by atoms with Gasteiger partial charge < -0.3 is 25.2 Å². The second-order valence-corrected chi connectivity index (χ2v) is 4.68. The third-order valence-electron chi connectivity index (χ3n) is 2.90. The minimum absolute atomic E-state index is 0.0672. The summed E-state index contributed by atoms with van der Waals surface area (Å²) in [6.07, 6.45) is 0. The molecule has 108 valence electrons. The highest BCUT2D eigenvalue weighted by atomic mass is 35.5. The maximum atomic E-state index is 8.81. The molecule has 1 aliphatic heterocycles. The van der Waals surface area contributed by atoms with Gasteiger partial charge in [-0.15, -0.1) is 0 Å². The molecule has 0 saturated heterocycles. The van der Waals surface area contributed by atoms with Crippen molar-refractivity contribution in [3.8, 4) is 23.0 Å². The second kappa shape index (κ2) is 5.41. The predicted octanol–water partition coefficient (Wildman–Crippen LogP) is 2.96. The van der Waals surface area contributed by atoms with Crippen LogP contribution in [0.15, 0.2) is 41.6 Å². The Morgan fingerprint density at radius 3 is 2.81 bits per heavy atom. The van der Waals surface area contributed by atoms with E-state index in [-0.39, 0.29) is 12.6 Å². The number of hydrogen-bond donors (Lipinski definition) is 2. The number of nitrogens with two attached hydrogens (primary N) is 1. The van der Waals surface area contributed by atoms with E-state index in [1.54, 1.807) is 36.4 Å². The molecule has 6 nitrogen and oxygen atoms in total. The summed E-state index contributed by atoms with van der Waals surface area (Å²) in [5.74, 6) is 2.08. The summed E-state index contributed by atoms with van der Waals surface area (Å²) < 4.78 is 16.3. The zero-order valence-corrected chi connectivity index (χ0v) is 11.5. The smallest absolute Gasteiger partial charge is 0.231 e. The van der Waals surface area contributed by atoms with Crippen LogP contribution in [0, 0.1) is 0 Å². The van der Waals surface area contributed by atoms with Gasteiger partial charge in [0.15, 0.2) is 17.3 Å². The normalized spacial score (nSPS) is 13.3. The van der Waals surface area contributed by atoms with Gasteiger partial charge in [-0.2, -0.15) is 0 Å². The van der Waals surface area contributed by atoms with Crippen molar-refractivity contribution in [2.24, 2.45) is 10.9 Å². The Labute approximate surface area is 125 Å². The molecule has 3 N–H and O–H groups in total. The van der Waals surface area contributed by atoms with Crippen molar-refractivity contribution in [1.82, 2.24) is 0 Å². The van der Waals surface area contributed by atoms with Crippen molar-refractivity contribution in [3.63, 3.8) is 0 Å². The predicted molar refractivity (Wildman–Crippen MR) is 76.6 cm³/mol. The molecular formula is C14H11ClN2O4. The highest BCUT2D eigenvalue weighted by Crippen LogP contribution is 2.37. The highest BCUT2D eigenvalue weighted by Gasteiger charge is 2.15. The van der Waals surface area contributed by atoms with Crippen LogP contribution in [0.3, 0.4) is 0 Å². The lowest BCUT2D eigenvalue weighted by molar-refractivity contribution is 0.174. The average molecular weight is 307 g/mol. The molecular weight excluding hydrogens is 296 g/mol. The first kappa shape index (κ1) is 13.4. The van der Waals surface area contributed by atoms with E-state index in [1.807, 2.05) is 0 Å². The van der Waals surface area contributed by atoms with Gasteiger partial charge in [0.05, 0.1) is 5.56 Å². The SMILES string of the molecule is NC(=NO)c1ccc(Cl)cc1Oc1ccc2c(c1)OCO2. The fraction of sp³-hybridized carbons (Fsp3) is 0.0714. The molecule has 2 aromatic rings. The summed E-state index contributed by atoms with van der Waals surface area (Å²) in [6, 6.07) is 9.98. The zero-order chi connectivity index (χ0) is 14.8. The number of benzene rings is 2. The zero-order valence-electron chi connectivity index (χ0n) is 10.7. The highest BCUT2D eigenvalue weighted by molar-refractivity contribution is 6.30. The van der Waals surface area contributed by atoms with Crippen molar-refractivity contribution in [2.75, 3.05) is 6.79 Å². The summed E-state index contributed by atoms with van der Waals surface area (Å²) in [7, 11) is 0. The number of amidine groups is 1. The molecule has 0 fully saturated rings. The van der Waals surface area contributed by atoms with E-state index in [4.69, 9.17) is 36.8 Å². The van der Waals surface area contributed by atoms with Crippen LogP contribution < -0.4 is 19.9 Å². The van der Waals surface area contributed by atoms with E-state index in [2.05, 4.69) is 5.16 Å². The first-order valence-corrected chi connectivity index (χ1v) is 6.40. The topological polar surface area (TPSA) is 86.3 Å². The molecule has 2 aromatic carbocycles. The summed E-state index contributed by atoms with van der Waals surface area (Å²) in [5.41, 5.74) is 6.05. The lowest BCUT2D eigenvalue weighted by Crippen LogP contribution is -2.14. The van der Waals surface area contributed by atoms with Crippen molar-refractivity contribution < 1.29 is 19.4 Å². The quantitative estimate of drug-likeness (QED) is 0.394. The number of fused-ring (bicyclic) bond motifs is 1. The maximum Gasteiger partial charge on any atom is 0.231 e. The Morgan fingerprint density at radius 2 is 2.00 bits per heavy atom. The molecule has 0 unspecified atom stereocenters. The fourth-order valence-electron chi connectivity index (χ4n) is 1.91. The van der Waals surface area contributed by atoms with Crippen molar-refractivity contribution >= 4 is 17.4 Å². The van der Waals surface area contributed by atoms with Gasteiger partial charge >= 0.3 is 0 Å². The van der Waals surface area contributed by atoms with E-state index < -0.39 is 0 Å². The van der Waals surface area contributed by atoms with Crippen LogP contribution in [-0.4, -0.2) is 17.8 Å². The molecule has 0 spiro atoms. The molecule has 7 heteroatoms. The first-order valence-electron chi connectivity index (χ1n) is 6.02. The Bertz CT molecular complexity index is 718. The molecule has 3 rings (SSSR count). The van der Waals surface area contributed by atoms with E-state index >= 15 is 0 Å². The Morgan fingerprint density at radius 1 is 1.19 bits per heavy atom. The third kappa shape index (κ3) is 2.66. The van der Waals surface area contributed by atoms with Crippen LogP contribution in [-0.2, 0) is 0 Å². The van der Waals surface area contributed by atoms with E-state index in [0.717, 1.165) is 0 Å². The second-order valence-electron chi connectivity index (χ2n) is 4.24. The minimum atomic E-state index is -0.0672. The van der Waals surface area contributed by atoms with Crippen molar-refractivity contribution in [1.29, 1.82) is 0 Å². The van der Waals surface area contributed by atoms with Crippen LogP contribution in [0.2, 0.25) is 5.02 Å². The third-order valence-corrected chi connectivity index (χ3v) is 3.13. The molecule has 0 bridgehead atoms. The van der Waals surface area contributed by atoms with Crippen molar-refractivity contribution in [2.45, 2.75) is 0 Å². The van der Waals surface area contributed by atoms with Crippen LogP contribution in [0.25, 0.3) is 0 Å². The number of oxime groups is 1. The molecule has 0 aromatic heterocycles. The molecule has 0 amide bonds. The minimum Gasteiger partial charge on any atom is -0.456 e. The summed E-state index contributed by atoms with van der Waals surface area (Å²) in [4.78, 5) is 0. The number of ether oxygens (including phenoxy) is 3. The van der Waals surface area contributed by atoms with Gasteiger partial charge in [-0.05, 0) is 24.3 Å². The summed E-state index contributed by atoms with van der Waals surface area (Å²) >= 11 is 5.96. The first-order chi connectivity index (χ1) is 10.2. The Hall–Kier alpha value is -2.60. The molecule has 0 atom stereocenters. The van der Waals surface area contributed by atoms with Crippen LogP contribution in [0.1, 0.15) is 5.56 Å². The number of nitrogens with zero attached hydrogens (tertiary/aromatic N) is 1. The van der Waals surface area contributed by atoms with Gasteiger partial charge in [-0.25, -0.2) is 0 Å². The van der Waals surface area contributed by atoms with E-state index in [0.29, 0.717) is 33.6 Å². The number of halogens is 1. The molecule has 0 aliphatic carbocycles. The summed E-state index contributed by atoms with van der Waals surface area (Å²) in [5, 5.41) is 12.3. The van der Waals surface area contributed by atoms with Gasteiger partial charge in [0.1, 0.15) is 11.5 Å². The van der Waals surface area contributed by atoms with E-state index in [9.17, 15) is 0 Å². The van der Waals surface area contributed by atoms with Gasteiger partial charge in [0.2, 0.25) is 6.79 Å².